The zero-order valence-electron chi connectivity index (χ0n) is 11.0. The molecule has 0 radical (unpaired) electrons. The molecule has 2 atom stereocenters. The van der Waals surface area contributed by atoms with Gasteiger partial charge in [0, 0.05) is 31.5 Å². The normalized spacial score (nSPS) is 18.8. The molecule has 0 saturated carbocycles. The lowest BCUT2D eigenvalue weighted by atomic mass is 9.99. The second-order valence-electron chi connectivity index (χ2n) is 5.00. The molecule has 2 aromatic heterocycles. The summed E-state index contributed by atoms with van der Waals surface area (Å²) in [6.45, 7) is 4.70. The Labute approximate surface area is 112 Å². The molecule has 0 amide bonds. The zero-order chi connectivity index (χ0) is 13.2. The summed E-state index contributed by atoms with van der Waals surface area (Å²) in [4.78, 5) is 6.44. The van der Waals surface area contributed by atoms with Crippen LogP contribution in [0.2, 0.25) is 0 Å². The largest absolute Gasteiger partial charge is 0.326 e. The van der Waals surface area contributed by atoms with E-state index in [0.717, 1.165) is 25.5 Å². The third kappa shape index (κ3) is 2.36. The fourth-order valence-corrected chi connectivity index (χ4v) is 2.73. The lowest BCUT2D eigenvalue weighted by molar-refractivity contribution is 0.136. The molecule has 0 fully saturated rings. The van der Waals surface area contributed by atoms with Crippen LogP contribution < -0.4 is 5.73 Å². The first kappa shape index (κ1) is 12.3. The van der Waals surface area contributed by atoms with E-state index >= 15 is 0 Å². The van der Waals surface area contributed by atoms with Crippen molar-refractivity contribution in [2.45, 2.75) is 32.1 Å². The molecule has 2 unspecified atom stereocenters. The first-order chi connectivity index (χ1) is 9.25. The molecule has 2 N–H and O–H groups in total. The minimum absolute atomic E-state index is 0.0527. The van der Waals surface area contributed by atoms with Crippen molar-refractivity contribution in [3.63, 3.8) is 0 Å². The minimum Gasteiger partial charge on any atom is -0.326 e. The molecule has 100 valence electrons. The highest BCUT2D eigenvalue weighted by molar-refractivity contribution is 5.17. The number of aromatic nitrogens is 4. The molecular weight excluding hydrogens is 240 g/mol. The molecule has 3 heterocycles. The molecule has 0 aromatic carbocycles. The van der Waals surface area contributed by atoms with Crippen LogP contribution in [0.4, 0.5) is 0 Å². The molecule has 0 saturated heterocycles. The van der Waals surface area contributed by atoms with E-state index in [1.807, 2.05) is 31.5 Å². The summed E-state index contributed by atoms with van der Waals surface area (Å²) < 4.78 is 2.10. The maximum Gasteiger partial charge on any atom is 0.147 e. The van der Waals surface area contributed by atoms with Crippen molar-refractivity contribution in [2.75, 3.05) is 6.54 Å². The minimum atomic E-state index is 0.0527. The fourth-order valence-electron chi connectivity index (χ4n) is 2.73. The van der Waals surface area contributed by atoms with Crippen molar-refractivity contribution in [3.8, 4) is 0 Å². The number of hydrogen-bond acceptors (Lipinski definition) is 5. The zero-order valence-corrected chi connectivity index (χ0v) is 11.0. The average molecular weight is 258 g/mol. The topological polar surface area (TPSA) is 72.9 Å². The molecule has 3 rings (SSSR count). The van der Waals surface area contributed by atoms with Crippen molar-refractivity contribution in [3.05, 3.63) is 42.2 Å². The predicted molar refractivity (Wildman–Crippen MR) is 71.1 cm³/mol. The lowest BCUT2D eigenvalue weighted by Gasteiger charge is -2.36. The summed E-state index contributed by atoms with van der Waals surface area (Å²) in [5.74, 6) is 1.01. The number of nitrogens with zero attached hydrogens (tertiary/aromatic N) is 5. The Kier molecular flexibility index (Phi) is 3.27. The number of nitrogens with two attached hydrogens (primary N) is 1. The molecule has 0 bridgehead atoms. The summed E-state index contributed by atoms with van der Waals surface area (Å²) in [7, 11) is 0. The van der Waals surface area contributed by atoms with Crippen LogP contribution in [0.3, 0.4) is 0 Å². The molecule has 6 heteroatoms. The lowest BCUT2D eigenvalue weighted by Crippen LogP contribution is -2.43. The molecule has 0 aliphatic carbocycles. The van der Waals surface area contributed by atoms with E-state index in [0.29, 0.717) is 0 Å². The standard InChI is InChI=1S/C13H18N6/c1-10(14)13(11-2-4-15-5-3-11)18-6-7-19-9-16-17-12(19)8-18/h2-5,9-10,13H,6-8,14H2,1H3. The first-order valence-corrected chi connectivity index (χ1v) is 6.52. The van der Waals surface area contributed by atoms with Gasteiger partial charge in [-0.05, 0) is 24.6 Å². The summed E-state index contributed by atoms with van der Waals surface area (Å²) >= 11 is 0. The van der Waals surface area contributed by atoms with E-state index in [1.54, 1.807) is 6.33 Å². The van der Waals surface area contributed by atoms with E-state index in [-0.39, 0.29) is 12.1 Å². The summed E-state index contributed by atoms with van der Waals surface area (Å²) in [6, 6.07) is 4.31. The van der Waals surface area contributed by atoms with Gasteiger partial charge in [0.2, 0.25) is 0 Å². The van der Waals surface area contributed by atoms with Crippen LogP contribution in [0.1, 0.15) is 24.4 Å². The van der Waals surface area contributed by atoms with Crippen molar-refractivity contribution < 1.29 is 0 Å². The van der Waals surface area contributed by atoms with Gasteiger partial charge in [0.1, 0.15) is 12.2 Å². The third-order valence-corrected chi connectivity index (χ3v) is 3.61. The maximum atomic E-state index is 6.19. The number of fused-ring (bicyclic) bond motifs is 1. The first-order valence-electron chi connectivity index (χ1n) is 6.52. The van der Waals surface area contributed by atoms with Crippen molar-refractivity contribution in [1.29, 1.82) is 0 Å². The molecule has 1 aliphatic heterocycles. The Balaban J connectivity index is 1.87. The number of pyridine rings is 1. The predicted octanol–water partition coefficient (Wildman–Crippen LogP) is 0.577. The van der Waals surface area contributed by atoms with Gasteiger partial charge >= 0.3 is 0 Å². The fraction of sp³-hybridized carbons (Fsp3) is 0.462. The van der Waals surface area contributed by atoms with E-state index in [1.165, 1.54) is 5.56 Å². The van der Waals surface area contributed by atoms with Crippen LogP contribution in [-0.2, 0) is 13.1 Å². The van der Waals surface area contributed by atoms with Crippen molar-refractivity contribution in [1.82, 2.24) is 24.6 Å². The van der Waals surface area contributed by atoms with Crippen LogP contribution >= 0.6 is 0 Å². The van der Waals surface area contributed by atoms with Gasteiger partial charge in [-0.2, -0.15) is 0 Å². The van der Waals surface area contributed by atoms with E-state index < -0.39 is 0 Å². The Morgan fingerprint density at radius 3 is 2.79 bits per heavy atom. The second kappa shape index (κ2) is 5.07. The van der Waals surface area contributed by atoms with Crippen LogP contribution in [0.25, 0.3) is 0 Å². The molecular formula is C13H18N6. The molecule has 1 aliphatic rings. The molecule has 6 nitrogen and oxygen atoms in total. The third-order valence-electron chi connectivity index (χ3n) is 3.61. The highest BCUT2D eigenvalue weighted by atomic mass is 15.3. The van der Waals surface area contributed by atoms with Gasteiger partial charge in [0.25, 0.3) is 0 Å². The van der Waals surface area contributed by atoms with Crippen LogP contribution in [0.5, 0.6) is 0 Å². The van der Waals surface area contributed by atoms with E-state index in [2.05, 4.69) is 24.6 Å². The summed E-state index contributed by atoms with van der Waals surface area (Å²) in [6.07, 6.45) is 5.42. The Morgan fingerprint density at radius 1 is 1.26 bits per heavy atom. The monoisotopic (exact) mass is 258 g/mol. The summed E-state index contributed by atoms with van der Waals surface area (Å²) in [5.41, 5.74) is 7.40. The molecule has 2 aromatic rings. The molecule has 19 heavy (non-hydrogen) atoms. The van der Waals surface area contributed by atoms with Crippen molar-refractivity contribution >= 4 is 0 Å². The van der Waals surface area contributed by atoms with Crippen LogP contribution in [0.15, 0.2) is 30.9 Å². The van der Waals surface area contributed by atoms with Crippen molar-refractivity contribution in [2.24, 2.45) is 5.73 Å². The van der Waals surface area contributed by atoms with Gasteiger partial charge in [-0.25, -0.2) is 0 Å². The average Bonchev–Trinajstić information content (AvgIpc) is 2.87. The maximum absolute atomic E-state index is 6.19. The van der Waals surface area contributed by atoms with Gasteiger partial charge in [0.15, 0.2) is 0 Å². The molecule has 0 spiro atoms. The highest BCUT2D eigenvalue weighted by Crippen LogP contribution is 2.26. The Hall–Kier alpha value is -1.79. The van der Waals surface area contributed by atoms with Gasteiger partial charge in [0.05, 0.1) is 12.6 Å². The highest BCUT2D eigenvalue weighted by Gasteiger charge is 2.28. The smallest absolute Gasteiger partial charge is 0.147 e. The number of rotatable bonds is 3. The summed E-state index contributed by atoms with van der Waals surface area (Å²) in [5, 5.41) is 8.12. The van der Waals surface area contributed by atoms with Gasteiger partial charge in [-0.15, -0.1) is 10.2 Å². The van der Waals surface area contributed by atoms with E-state index in [4.69, 9.17) is 5.73 Å². The van der Waals surface area contributed by atoms with Gasteiger partial charge in [-0.1, -0.05) is 0 Å². The van der Waals surface area contributed by atoms with E-state index in [9.17, 15) is 0 Å². The Bertz CT molecular complexity index is 535. The SMILES string of the molecule is CC(N)C(c1ccncc1)N1CCn2cnnc2C1. The van der Waals surface area contributed by atoms with Crippen LogP contribution in [-0.4, -0.2) is 37.2 Å². The van der Waals surface area contributed by atoms with Gasteiger partial charge < -0.3 is 10.3 Å². The van der Waals surface area contributed by atoms with Crippen LogP contribution in [0, 0.1) is 0 Å². The second-order valence-corrected chi connectivity index (χ2v) is 5.00. The number of hydrogen-bond donors (Lipinski definition) is 1. The van der Waals surface area contributed by atoms with Gasteiger partial charge in [-0.3, -0.25) is 9.88 Å². The quantitative estimate of drug-likeness (QED) is 0.871. The Morgan fingerprint density at radius 2 is 2.05 bits per heavy atom.